The van der Waals surface area contributed by atoms with Gasteiger partial charge in [-0.3, -0.25) is 0 Å². The van der Waals surface area contributed by atoms with E-state index in [1.54, 1.807) is 7.11 Å². The minimum atomic E-state index is 0. The molecule has 0 spiro atoms. The molecule has 1 N–H and O–H groups in total. The van der Waals surface area contributed by atoms with Crippen molar-refractivity contribution in [1.82, 2.24) is 14.5 Å². The lowest BCUT2D eigenvalue weighted by Gasteiger charge is -2.09. The van der Waals surface area contributed by atoms with Crippen LogP contribution in [0.15, 0.2) is 54.6 Å². The molecule has 146 valence electrons. The lowest BCUT2D eigenvalue weighted by Crippen LogP contribution is -1.98. The number of para-hydroxylation sites is 1. The Bertz CT molecular complexity index is 1230. The van der Waals surface area contributed by atoms with E-state index in [9.17, 15) is 5.26 Å². The molecule has 2 heterocycles. The van der Waals surface area contributed by atoms with Gasteiger partial charge in [0.25, 0.3) is 0 Å². The van der Waals surface area contributed by atoms with Crippen LogP contribution in [0.2, 0.25) is 0 Å². The highest BCUT2D eigenvalue weighted by atomic mass is 35.5. The third kappa shape index (κ3) is 3.75. The molecule has 0 aliphatic heterocycles. The van der Waals surface area contributed by atoms with E-state index in [0.29, 0.717) is 11.4 Å². The first kappa shape index (κ1) is 20.2. The smallest absolute Gasteiger partial charge is 0.149 e. The summed E-state index contributed by atoms with van der Waals surface area (Å²) in [6.07, 6.45) is 1.89. The largest absolute Gasteiger partial charge is 0.497 e. The number of allylic oxidation sites excluding steroid dienone is 1. The van der Waals surface area contributed by atoms with Gasteiger partial charge in [-0.05, 0) is 55.8 Å². The zero-order valence-corrected chi connectivity index (χ0v) is 17.2. The van der Waals surface area contributed by atoms with Gasteiger partial charge in [0.1, 0.15) is 17.6 Å². The number of nitrogens with one attached hydrogen (secondary N) is 1. The van der Waals surface area contributed by atoms with Crippen molar-refractivity contribution in [3.63, 3.8) is 0 Å². The zero-order valence-electron chi connectivity index (χ0n) is 16.4. The Morgan fingerprint density at radius 1 is 1.14 bits per heavy atom. The number of aromatic amines is 1. The Balaban J connectivity index is 0.00000240. The summed E-state index contributed by atoms with van der Waals surface area (Å²) in [6.45, 7) is 4.13. The Hall–Kier alpha value is -3.49. The first-order valence-corrected chi connectivity index (χ1v) is 9.01. The summed E-state index contributed by atoms with van der Waals surface area (Å²) >= 11 is 0. The van der Waals surface area contributed by atoms with Crippen molar-refractivity contribution in [3.8, 4) is 17.5 Å². The van der Waals surface area contributed by atoms with Gasteiger partial charge >= 0.3 is 0 Å². The number of H-pyrrole nitrogens is 1. The molecule has 0 saturated heterocycles. The lowest BCUT2D eigenvalue weighted by atomic mass is 10.1. The van der Waals surface area contributed by atoms with Crippen molar-refractivity contribution in [2.24, 2.45) is 0 Å². The standard InChI is InChI=1S/C23H20N4O.ClH/c1-15-11-17(16(2)27(15)19-7-5-4-6-8-19)12-18(14-24)23-25-21-10-9-20(28-3)13-22(21)26-23;/h4-13H,1-3H3,(H,25,26);1H/b18-12+;. The first-order chi connectivity index (χ1) is 13.6. The molecule has 29 heavy (non-hydrogen) atoms. The third-order valence-corrected chi connectivity index (χ3v) is 4.85. The second-order valence-corrected chi connectivity index (χ2v) is 6.64. The molecule has 0 amide bonds. The molecule has 2 aromatic carbocycles. The lowest BCUT2D eigenvalue weighted by molar-refractivity contribution is 0.415. The van der Waals surface area contributed by atoms with Crippen LogP contribution in [0.5, 0.6) is 5.75 Å². The van der Waals surface area contributed by atoms with Crippen LogP contribution in [-0.2, 0) is 0 Å². The van der Waals surface area contributed by atoms with Crippen molar-refractivity contribution in [2.75, 3.05) is 7.11 Å². The monoisotopic (exact) mass is 404 g/mol. The van der Waals surface area contributed by atoms with Crippen LogP contribution in [-0.4, -0.2) is 21.6 Å². The van der Waals surface area contributed by atoms with E-state index in [1.807, 2.05) is 42.5 Å². The molecule has 0 aliphatic rings. The molecule has 0 saturated carbocycles. The summed E-state index contributed by atoms with van der Waals surface area (Å²) in [5, 5.41) is 9.74. The quantitative estimate of drug-likeness (QED) is 0.459. The van der Waals surface area contributed by atoms with Crippen LogP contribution in [0.4, 0.5) is 0 Å². The molecule has 0 aliphatic carbocycles. The van der Waals surface area contributed by atoms with Gasteiger partial charge < -0.3 is 14.3 Å². The topological polar surface area (TPSA) is 66.6 Å². The number of fused-ring (bicyclic) bond motifs is 1. The number of nitrogens with zero attached hydrogens (tertiary/aromatic N) is 3. The maximum absolute atomic E-state index is 9.74. The van der Waals surface area contributed by atoms with Gasteiger partial charge in [-0.1, -0.05) is 18.2 Å². The number of ether oxygens (including phenoxy) is 1. The molecule has 0 bridgehead atoms. The predicted molar refractivity (Wildman–Crippen MR) is 119 cm³/mol. The van der Waals surface area contributed by atoms with E-state index in [1.165, 1.54) is 0 Å². The van der Waals surface area contributed by atoms with Crippen molar-refractivity contribution < 1.29 is 4.74 Å². The predicted octanol–water partition coefficient (Wildman–Crippen LogP) is 5.47. The van der Waals surface area contributed by atoms with Gasteiger partial charge in [0.2, 0.25) is 0 Å². The van der Waals surface area contributed by atoms with Crippen LogP contribution < -0.4 is 4.74 Å². The highest BCUT2D eigenvalue weighted by Gasteiger charge is 2.13. The maximum atomic E-state index is 9.74. The average Bonchev–Trinajstić information content (AvgIpc) is 3.26. The number of aryl methyl sites for hydroxylation is 1. The third-order valence-electron chi connectivity index (χ3n) is 4.85. The molecule has 0 radical (unpaired) electrons. The zero-order chi connectivity index (χ0) is 19.7. The van der Waals surface area contributed by atoms with E-state index in [-0.39, 0.29) is 12.4 Å². The maximum Gasteiger partial charge on any atom is 0.149 e. The Labute approximate surface area is 175 Å². The molecular weight excluding hydrogens is 384 g/mol. The van der Waals surface area contributed by atoms with Crippen molar-refractivity contribution in [2.45, 2.75) is 13.8 Å². The number of methoxy groups -OCH3 is 1. The fraction of sp³-hybridized carbons (Fsp3) is 0.130. The highest BCUT2D eigenvalue weighted by Crippen LogP contribution is 2.26. The Morgan fingerprint density at radius 2 is 1.90 bits per heavy atom. The minimum absolute atomic E-state index is 0. The van der Waals surface area contributed by atoms with Crippen LogP contribution in [0.25, 0.3) is 28.4 Å². The highest BCUT2D eigenvalue weighted by molar-refractivity contribution is 5.91. The average molecular weight is 405 g/mol. The number of halogens is 1. The molecule has 5 nitrogen and oxygen atoms in total. The van der Waals surface area contributed by atoms with Gasteiger partial charge in [0.15, 0.2) is 0 Å². The van der Waals surface area contributed by atoms with E-state index in [2.05, 4.69) is 52.7 Å². The summed E-state index contributed by atoms with van der Waals surface area (Å²) in [4.78, 5) is 7.79. The fourth-order valence-electron chi connectivity index (χ4n) is 3.46. The van der Waals surface area contributed by atoms with Crippen LogP contribution in [0.1, 0.15) is 22.8 Å². The van der Waals surface area contributed by atoms with Gasteiger partial charge in [-0.15, -0.1) is 12.4 Å². The fourth-order valence-corrected chi connectivity index (χ4v) is 3.46. The van der Waals surface area contributed by atoms with E-state index < -0.39 is 0 Å². The molecule has 4 aromatic rings. The number of hydrogen-bond acceptors (Lipinski definition) is 3. The number of aromatic nitrogens is 3. The summed E-state index contributed by atoms with van der Waals surface area (Å²) in [6, 6.07) is 20.2. The number of nitriles is 1. The molecule has 0 unspecified atom stereocenters. The number of rotatable bonds is 4. The molecule has 2 aromatic heterocycles. The normalized spacial score (nSPS) is 11.2. The van der Waals surface area contributed by atoms with Crippen LogP contribution in [0, 0.1) is 25.2 Å². The summed E-state index contributed by atoms with van der Waals surface area (Å²) in [5.41, 5.74) is 6.42. The summed E-state index contributed by atoms with van der Waals surface area (Å²) < 4.78 is 7.44. The molecular formula is C23H21ClN4O. The van der Waals surface area contributed by atoms with Gasteiger partial charge in [-0.25, -0.2) is 4.98 Å². The molecule has 0 fully saturated rings. The van der Waals surface area contributed by atoms with Crippen LogP contribution in [0.3, 0.4) is 0 Å². The van der Waals surface area contributed by atoms with Gasteiger partial charge in [0.05, 0.1) is 23.7 Å². The van der Waals surface area contributed by atoms with Crippen molar-refractivity contribution in [1.29, 1.82) is 5.26 Å². The number of hydrogen-bond donors (Lipinski definition) is 1. The van der Waals surface area contributed by atoms with E-state index in [4.69, 9.17) is 4.74 Å². The Kier molecular flexibility index (Phi) is 5.76. The Morgan fingerprint density at radius 3 is 2.59 bits per heavy atom. The second-order valence-electron chi connectivity index (χ2n) is 6.64. The SMILES string of the molecule is COc1ccc2nc(/C(C#N)=C/c3cc(C)n(-c4ccccc4)c3C)[nH]c2c1.Cl. The first-order valence-electron chi connectivity index (χ1n) is 9.01. The summed E-state index contributed by atoms with van der Waals surface area (Å²) in [7, 11) is 1.63. The van der Waals surface area contributed by atoms with Gasteiger partial charge in [-0.2, -0.15) is 5.26 Å². The molecule has 4 rings (SSSR count). The van der Waals surface area contributed by atoms with E-state index in [0.717, 1.165) is 39.4 Å². The number of benzene rings is 2. The molecule has 6 heteroatoms. The number of imidazole rings is 1. The minimum Gasteiger partial charge on any atom is -0.497 e. The van der Waals surface area contributed by atoms with Gasteiger partial charge in [0, 0.05) is 23.1 Å². The van der Waals surface area contributed by atoms with E-state index >= 15 is 0 Å². The van der Waals surface area contributed by atoms with Crippen molar-refractivity contribution in [3.05, 3.63) is 77.4 Å². The second kappa shape index (κ2) is 8.26. The summed E-state index contributed by atoms with van der Waals surface area (Å²) in [5.74, 6) is 1.30. The van der Waals surface area contributed by atoms with Crippen molar-refractivity contribution >= 4 is 35.1 Å². The van der Waals surface area contributed by atoms with Crippen LogP contribution >= 0.6 is 12.4 Å². The molecule has 0 atom stereocenters.